The largest absolute Gasteiger partial charge is 0.493 e. The Hall–Kier alpha value is -2.44. The summed E-state index contributed by atoms with van der Waals surface area (Å²) in [4.78, 5) is 19.7. The van der Waals surface area contributed by atoms with Crippen molar-refractivity contribution in [1.82, 2.24) is 4.90 Å². The molecule has 0 aliphatic carbocycles. The maximum atomic E-state index is 12.8. The quantitative estimate of drug-likeness (QED) is 0.621. The molecule has 0 spiro atoms. The predicted octanol–water partition coefficient (Wildman–Crippen LogP) is 5.29. The third-order valence-corrected chi connectivity index (χ3v) is 5.59. The van der Waals surface area contributed by atoms with Crippen molar-refractivity contribution in [1.29, 1.82) is 0 Å². The highest BCUT2D eigenvalue weighted by Gasteiger charge is 2.32. The van der Waals surface area contributed by atoms with Crippen LogP contribution >= 0.6 is 23.4 Å². The fourth-order valence-corrected chi connectivity index (χ4v) is 3.98. The molecule has 1 aliphatic heterocycles. The third-order valence-electron chi connectivity index (χ3n) is 4.25. The van der Waals surface area contributed by atoms with Gasteiger partial charge in [0.25, 0.3) is 5.91 Å². The number of likely N-dealkylation sites (N-methyl/N-ethyl adjacent to an activating group) is 1. The highest BCUT2D eigenvalue weighted by Crippen LogP contribution is 2.38. The van der Waals surface area contributed by atoms with E-state index in [4.69, 9.17) is 21.1 Å². The molecule has 1 saturated heterocycles. The fourth-order valence-electron chi connectivity index (χ4n) is 2.72. The topological polar surface area (TPSA) is 51.1 Å². The molecule has 1 heterocycles. The summed E-state index contributed by atoms with van der Waals surface area (Å²) in [7, 11) is 3.11. The van der Waals surface area contributed by atoms with E-state index in [0.717, 1.165) is 11.3 Å². The van der Waals surface area contributed by atoms with Crippen LogP contribution < -0.4 is 9.47 Å². The number of amidine groups is 1. The van der Waals surface area contributed by atoms with Crippen LogP contribution in [-0.2, 0) is 4.79 Å². The van der Waals surface area contributed by atoms with Crippen molar-refractivity contribution < 1.29 is 14.3 Å². The van der Waals surface area contributed by atoms with Crippen LogP contribution in [0.4, 0.5) is 5.69 Å². The van der Waals surface area contributed by atoms with Crippen molar-refractivity contribution in [2.24, 2.45) is 4.99 Å². The number of benzene rings is 2. The van der Waals surface area contributed by atoms with Crippen LogP contribution in [0.5, 0.6) is 11.5 Å². The second kappa shape index (κ2) is 8.71. The summed E-state index contributed by atoms with van der Waals surface area (Å²) in [5.41, 5.74) is 2.66. The summed E-state index contributed by atoms with van der Waals surface area (Å²) in [6, 6.07) is 11.3. The number of methoxy groups -OCH3 is 2. The van der Waals surface area contributed by atoms with E-state index in [-0.39, 0.29) is 5.91 Å². The minimum absolute atomic E-state index is 0.0933. The Bertz CT molecular complexity index is 955. The predicted molar refractivity (Wildman–Crippen MR) is 116 cm³/mol. The van der Waals surface area contributed by atoms with Crippen LogP contribution in [0.3, 0.4) is 0 Å². The molecule has 0 unspecified atom stereocenters. The Kier molecular flexibility index (Phi) is 6.31. The first kappa shape index (κ1) is 20.3. The molecule has 2 aromatic carbocycles. The van der Waals surface area contributed by atoms with E-state index in [1.165, 1.54) is 11.8 Å². The van der Waals surface area contributed by atoms with E-state index in [1.807, 2.05) is 38.1 Å². The van der Waals surface area contributed by atoms with Crippen molar-refractivity contribution in [3.05, 3.63) is 57.5 Å². The summed E-state index contributed by atoms with van der Waals surface area (Å²) in [5, 5.41) is 1.13. The first-order chi connectivity index (χ1) is 13.5. The van der Waals surface area contributed by atoms with Gasteiger partial charge in [0.2, 0.25) is 0 Å². The molecule has 5 nitrogen and oxygen atoms in total. The van der Waals surface area contributed by atoms with E-state index >= 15 is 0 Å². The van der Waals surface area contributed by atoms with Crippen LogP contribution in [-0.4, -0.2) is 36.7 Å². The molecule has 0 saturated carbocycles. The van der Waals surface area contributed by atoms with Crippen LogP contribution in [0.2, 0.25) is 5.02 Å². The van der Waals surface area contributed by atoms with E-state index in [0.29, 0.717) is 38.7 Å². The van der Waals surface area contributed by atoms with Crippen molar-refractivity contribution >= 4 is 46.2 Å². The summed E-state index contributed by atoms with van der Waals surface area (Å²) >= 11 is 7.70. The van der Waals surface area contributed by atoms with Gasteiger partial charge in [0.05, 0.1) is 29.8 Å². The van der Waals surface area contributed by atoms with Crippen LogP contribution in [0, 0.1) is 6.92 Å². The van der Waals surface area contributed by atoms with Gasteiger partial charge in [-0.25, -0.2) is 4.99 Å². The number of nitrogens with zero attached hydrogens (tertiary/aromatic N) is 2. The van der Waals surface area contributed by atoms with E-state index in [1.54, 1.807) is 37.3 Å². The lowest BCUT2D eigenvalue weighted by Gasteiger charge is -2.12. The molecule has 0 radical (unpaired) electrons. The number of amides is 1. The Morgan fingerprint density at radius 1 is 1.14 bits per heavy atom. The Labute approximate surface area is 174 Å². The highest BCUT2D eigenvalue weighted by atomic mass is 35.5. The van der Waals surface area contributed by atoms with Gasteiger partial charge in [-0.05, 0) is 55.4 Å². The molecule has 7 heteroatoms. The van der Waals surface area contributed by atoms with Crippen LogP contribution in [0.1, 0.15) is 18.1 Å². The number of aliphatic imine (C=N–C) groups is 1. The Morgan fingerprint density at radius 2 is 1.79 bits per heavy atom. The van der Waals surface area contributed by atoms with Gasteiger partial charge in [0.1, 0.15) is 0 Å². The minimum Gasteiger partial charge on any atom is -0.493 e. The second-order valence-corrected chi connectivity index (χ2v) is 7.53. The molecule has 2 aromatic rings. The standard InChI is InChI=1S/C21H21ClN2O3S/c1-5-24-20(25)19(28-21(24)23-15-8-6-13(2)7-9-15)11-14-10-17(26-3)18(27-4)12-16(14)22/h6-12H,5H2,1-4H3/b19-11+,23-21?. The molecule has 28 heavy (non-hydrogen) atoms. The van der Waals surface area contributed by atoms with Crippen molar-refractivity contribution in [2.75, 3.05) is 20.8 Å². The zero-order valence-corrected chi connectivity index (χ0v) is 17.7. The Morgan fingerprint density at radius 3 is 2.39 bits per heavy atom. The molecule has 1 amide bonds. The zero-order chi connectivity index (χ0) is 20.3. The lowest BCUT2D eigenvalue weighted by Crippen LogP contribution is -2.28. The summed E-state index contributed by atoms with van der Waals surface area (Å²) in [6.45, 7) is 4.49. The van der Waals surface area contributed by atoms with Gasteiger partial charge in [-0.1, -0.05) is 29.3 Å². The number of halogens is 1. The first-order valence-electron chi connectivity index (χ1n) is 8.75. The van der Waals surface area contributed by atoms with Gasteiger partial charge in [0, 0.05) is 12.6 Å². The van der Waals surface area contributed by atoms with E-state index in [9.17, 15) is 4.79 Å². The molecule has 0 aromatic heterocycles. The summed E-state index contributed by atoms with van der Waals surface area (Å²) in [6.07, 6.45) is 1.76. The normalized spacial score (nSPS) is 16.9. The number of rotatable bonds is 5. The maximum Gasteiger partial charge on any atom is 0.266 e. The van der Waals surface area contributed by atoms with Gasteiger partial charge in [-0.15, -0.1) is 0 Å². The number of carbonyl (C=O) groups is 1. The van der Waals surface area contributed by atoms with Gasteiger partial charge in [-0.2, -0.15) is 0 Å². The minimum atomic E-state index is -0.0933. The number of hydrogen-bond donors (Lipinski definition) is 0. The monoisotopic (exact) mass is 416 g/mol. The average molecular weight is 417 g/mol. The number of ether oxygens (including phenoxy) is 2. The lowest BCUT2D eigenvalue weighted by molar-refractivity contribution is -0.122. The molecule has 1 aliphatic rings. The maximum absolute atomic E-state index is 12.8. The molecule has 0 bridgehead atoms. The summed E-state index contributed by atoms with van der Waals surface area (Å²) in [5.74, 6) is 0.996. The second-order valence-electron chi connectivity index (χ2n) is 6.12. The van der Waals surface area contributed by atoms with Crippen LogP contribution in [0.15, 0.2) is 46.3 Å². The molecule has 146 valence electrons. The van der Waals surface area contributed by atoms with Gasteiger partial charge in [-0.3, -0.25) is 9.69 Å². The fraction of sp³-hybridized carbons (Fsp3) is 0.238. The smallest absolute Gasteiger partial charge is 0.266 e. The Balaban J connectivity index is 1.97. The average Bonchev–Trinajstić information content (AvgIpc) is 2.99. The third kappa shape index (κ3) is 4.18. The van der Waals surface area contributed by atoms with Gasteiger partial charge in [0.15, 0.2) is 16.7 Å². The number of carbonyl (C=O) groups excluding carboxylic acids is 1. The van der Waals surface area contributed by atoms with Crippen molar-refractivity contribution in [2.45, 2.75) is 13.8 Å². The SMILES string of the molecule is CCN1C(=O)/C(=C\c2cc(OC)c(OC)cc2Cl)SC1=Nc1ccc(C)cc1. The zero-order valence-electron chi connectivity index (χ0n) is 16.2. The molecule has 3 rings (SSSR count). The molecule has 0 N–H and O–H groups in total. The number of aryl methyl sites for hydroxylation is 1. The number of thioether (sulfide) groups is 1. The number of hydrogen-bond acceptors (Lipinski definition) is 5. The highest BCUT2D eigenvalue weighted by molar-refractivity contribution is 8.18. The lowest BCUT2D eigenvalue weighted by atomic mass is 10.1. The van der Waals surface area contributed by atoms with Crippen LogP contribution in [0.25, 0.3) is 6.08 Å². The van der Waals surface area contributed by atoms with Gasteiger partial charge >= 0.3 is 0 Å². The molecule has 1 fully saturated rings. The van der Waals surface area contributed by atoms with E-state index in [2.05, 4.69) is 4.99 Å². The van der Waals surface area contributed by atoms with Gasteiger partial charge < -0.3 is 9.47 Å². The van der Waals surface area contributed by atoms with E-state index < -0.39 is 0 Å². The summed E-state index contributed by atoms with van der Waals surface area (Å²) < 4.78 is 10.6. The molecular formula is C21H21ClN2O3S. The van der Waals surface area contributed by atoms with Crippen molar-refractivity contribution in [3.63, 3.8) is 0 Å². The molecule has 0 atom stereocenters. The molecular weight excluding hydrogens is 396 g/mol. The first-order valence-corrected chi connectivity index (χ1v) is 9.94. The van der Waals surface area contributed by atoms with Crippen molar-refractivity contribution in [3.8, 4) is 11.5 Å².